The molecular formula is C14H26BrN3O. The van der Waals surface area contributed by atoms with Gasteiger partial charge < -0.3 is 10.4 Å². The highest BCUT2D eigenvalue weighted by atomic mass is 79.9. The fourth-order valence-electron chi connectivity index (χ4n) is 2.17. The zero-order chi connectivity index (χ0) is 14.5. The molecule has 1 unspecified atom stereocenters. The first kappa shape index (κ1) is 16.7. The van der Waals surface area contributed by atoms with E-state index in [0.29, 0.717) is 6.42 Å². The Balaban J connectivity index is 2.82. The third-order valence-electron chi connectivity index (χ3n) is 3.33. The summed E-state index contributed by atoms with van der Waals surface area (Å²) in [4.78, 5) is 0. The highest BCUT2D eigenvalue weighted by molar-refractivity contribution is 9.10. The van der Waals surface area contributed by atoms with Crippen molar-refractivity contribution >= 4 is 15.9 Å². The van der Waals surface area contributed by atoms with Crippen molar-refractivity contribution in [1.82, 2.24) is 15.1 Å². The van der Waals surface area contributed by atoms with Crippen LogP contribution in [0.4, 0.5) is 0 Å². The molecule has 0 amide bonds. The number of nitrogens with one attached hydrogen (secondary N) is 1. The average Bonchev–Trinajstić information content (AvgIpc) is 2.66. The van der Waals surface area contributed by atoms with Gasteiger partial charge in [0, 0.05) is 13.0 Å². The summed E-state index contributed by atoms with van der Waals surface area (Å²) in [5.41, 5.74) is 1.46. The van der Waals surface area contributed by atoms with Gasteiger partial charge >= 0.3 is 0 Å². The van der Waals surface area contributed by atoms with Crippen LogP contribution in [-0.2, 0) is 19.4 Å². The summed E-state index contributed by atoms with van der Waals surface area (Å²) in [5, 5.41) is 18.3. The Labute approximate surface area is 124 Å². The van der Waals surface area contributed by atoms with Crippen LogP contribution in [0.1, 0.15) is 45.5 Å². The monoisotopic (exact) mass is 331 g/mol. The van der Waals surface area contributed by atoms with E-state index < -0.39 is 5.60 Å². The van der Waals surface area contributed by atoms with Gasteiger partial charge in [-0.25, -0.2) is 0 Å². The number of rotatable bonds is 8. The van der Waals surface area contributed by atoms with E-state index in [4.69, 9.17) is 0 Å². The van der Waals surface area contributed by atoms with Gasteiger partial charge in [-0.3, -0.25) is 4.68 Å². The second-order valence-corrected chi connectivity index (χ2v) is 5.95. The lowest BCUT2D eigenvalue weighted by Crippen LogP contribution is -2.33. The van der Waals surface area contributed by atoms with Crippen molar-refractivity contribution in [3.8, 4) is 0 Å². The van der Waals surface area contributed by atoms with E-state index in [-0.39, 0.29) is 0 Å². The summed E-state index contributed by atoms with van der Waals surface area (Å²) < 4.78 is 3.05. The normalized spacial score (nSPS) is 14.6. The molecule has 1 atom stereocenters. The minimum absolute atomic E-state index is 0.625. The molecule has 0 aliphatic heterocycles. The molecule has 1 aromatic heterocycles. The second-order valence-electron chi connectivity index (χ2n) is 5.15. The van der Waals surface area contributed by atoms with Gasteiger partial charge in [-0.2, -0.15) is 5.10 Å². The van der Waals surface area contributed by atoms with Gasteiger partial charge in [0.1, 0.15) is 0 Å². The van der Waals surface area contributed by atoms with Gasteiger partial charge in [0.15, 0.2) is 0 Å². The SMILES string of the molecule is CCNCCC(C)(O)Cc1c(Br)c(CC)nn1CC. The molecule has 0 spiro atoms. The third kappa shape index (κ3) is 4.58. The van der Waals surface area contributed by atoms with Crippen LogP contribution in [-0.4, -0.2) is 33.6 Å². The molecule has 0 saturated carbocycles. The Kier molecular flexibility index (Phi) is 6.50. The Bertz CT molecular complexity index is 402. The number of aliphatic hydroxyl groups is 1. The van der Waals surface area contributed by atoms with Gasteiger partial charge in [0.05, 0.1) is 21.5 Å². The Morgan fingerprint density at radius 2 is 2.05 bits per heavy atom. The van der Waals surface area contributed by atoms with Crippen molar-refractivity contribution in [2.45, 2.75) is 59.1 Å². The van der Waals surface area contributed by atoms with E-state index in [1.54, 1.807) is 0 Å². The lowest BCUT2D eigenvalue weighted by atomic mass is 9.96. The number of halogens is 1. The maximum Gasteiger partial charge on any atom is 0.0766 e. The van der Waals surface area contributed by atoms with Crippen LogP contribution in [0, 0.1) is 0 Å². The molecule has 1 aromatic rings. The predicted molar refractivity (Wildman–Crippen MR) is 82.5 cm³/mol. The maximum absolute atomic E-state index is 10.5. The Morgan fingerprint density at radius 1 is 1.37 bits per heavy atom. The van der Waals surface area contributed by atoms with Gasteiger partial charge in [-0.15, -0.1) is 0 Å². The highest BCUT2D eigenvalue weighted by Crippen LogP contribution is 2.27. The van der Waals surface area contributed by atoms with Crippen molar-refractivity contribution in [2.24, 2.45) is 0 Å². The molecule has 0 radical (unpaired) electrons. The predicted octanol–water partition coefficient (Wildman–Crippen LogP) is 2.52. The fourth-order valence-corrected chi connectivity index (χ4v) is 2.87. The number of hydrogen-bond acceptors (Lipinski definition) is 3. The summed E-state index contributed by atoms with van der Waals surface area (Å²) in [6.45, 7) is 10.8. The lowest BCUT2D eigenvalue weighted by molar-refractivity contribution is 0.0494. The van der Waals surface area contributed by atoms with Crippen LogP contribution >= 0.6 is 15.9 Å². The smallest absolute Gasteiger partial charge is 0.0766 e. The van der Waals surface area contributed by atoms with Crippen LogP contribution in [0.3, 0.4) is 0 Å². The molecule has 0 aliphatic carbocycles. The van der Waals surface area contributed by atoms with Crippen molar-refractivity contribution in [2.75, 3.05) is 13.1 Å². The zero-order valence-electron chi connectivity index (χ0n) is 12.5. The van der Waals surface area contributed by atoms with Crippen LogP contribution in [0.25, 0.3) is 0 Å². The Hall–Kier alpha value is -0.390. The standard InChI is InChI=1S/C14H26BrN3O/c1-5-11-13(15)12(18(7-3)17-11)10-14(4,19)8-9-16-6-2/h16,19H,5-10H2,1-4H3. The zero-order valence-corrected chi connectivity index (χ0v) is 14.0. The number of hydrogen-bond donors (Lipinski definition) is 2. The molecule has 4 nitrogen and oxygen atoms in total. The molecule has 0 aromatic carbocycles. The van der Waals surface area contributed by atoms with Crippen molar-refractivity contribution < 1.29 is 5.11 Å². The maximum atomic E-state index is 10.5. The molecule has 0 fully saturated rings. The fraction of sp³-hybridized carbons (Fsp3) is 0.786. The first-order valence-corrected chi connectivity index (χ1v) is 7.91. The Morgan fingerprint density at radius 3 is 2.58 bits per heavy atom. The second kappa shape index (κ2) is 7.41. The van der Waals surface area contributed by atoms with Crippen molar-refractivity contribution in [3.63, 3.8) is 0 Å². The van der Waals surface area contributed by atoms with Crippen LogP contribution in [0.5, 0.6) is 0 Å². The van der Waals surface area contributed by atoms with Gasteiger partial charge in [-0.1, -0.05) is 13.8 Å². The van der Waals surface area contributed by atoms with Crippen LogP contribution in [0.15, 0.2) is 4.47 Å². The number of aryl methyl sites for hydroxylation is 2. The quantitative estimate of drug-likeness (QED) is 0.719. The first-order valence-electron chi connectivity index (χ1n) is 7.12. The molecular weight excluding hydrogens is 306 g/mol. The lowest BCUT2D eigenvalue weighted by Gasteiger charge is -2.24. The van der Waals surface area contributed by atoms with E-state index >= 15 is 0 Å². The molecule has 5 heteroatoms. The molecule has 0 aliphatic rings. The molecule has 1 rings (SSSR count). The molecule has 2 N–H and O–H groups in total. The third-order valence-corrected chi connectivity index (χ3v) is 4.25. The highest BCUT2D eigenvalue weighted by Gasteiger charge is 2.25. The summed E-state index contributed by atoms with van der Waals surface area (Å²) in [6.07, 6.45) is 2.27. The minimum atomic E-state index is -0.706. The van der Waals surface area contributed by atoms with E-state index in [2.05, 4.69) is 47.1 Å². The van der Waals surface area contributed by atoms with E-state index in [9.17, 15) is 5.11 Å². The van der Waals surface area contributed by atoms with Crippen molar-refractivity contribution in [3.05, 3.63) is 15.9 Å². The summed E-state index contributed by atoms with van der Waals surface area (Å²) >= 11 is 3.63. The first-order chi connectivity index (χ1) is 8.95. The summed E-state index contributed by atoms with van der Waals surface area (Å²) in [5.74, 6) is 0. The van der Waals surface area contributed by atoms with E-state index in [1.807, 2.05) is 11.6 Å². The van der Waals surface area contributed by atoms with Crippen LogP contribution < -0.4 is 5.32 Å². The van der Waals surface area contributed by atoms with Gasteiger partial charge in [0.2, 0.25) is 0 Å². The van der Waals surface area contributed by atoms with Gasteiger partial charge in [-0.05, 0) is 55.7 Å². The summed E-state index contributed by atoms with van der Waals surface area (Å²) in [7, 11) is 0. The largest absolute Gasteiger partial charge is 0.390 e. The summed E-state index contributed by atoms with van der Waals surface area (Å²) in [6, 6.07) is 0. The van der Waals surface area contributed by atoms with E-state index in [0.717, 1.165) is 48.3 Å². The number of aromatic nitrogens is 2. The molecule has 110 valence electrons. The molecule has 0 saturated heterocycles. The minimum Gasteiger partial charge on any atom is -0.390 e. The number of nitrogens with zero attached hydrogens (tertiary/aromatic N) is 2. The molecule has 0 bridgehead atoms. The molecule has 19 heavy (non-hydrogen) atoms. The van der Waals surface area contributed by atoms with Gasteiger partial charge in [0.25, 0.3) is 0 Å². The van der Waals surface area contributed by atoms with Crippen LogP contribution in [0.2, 0.25) is 0 Å². The average molecular weight is 332 g/mol. The topological polar surface area (TPSA) is 50.1 Å². The molecule has 1 heterocycles. The van der Waals surface area contributed by atoms with Crippen molar-refractivity contribution in [1.29, 1.82) is 0 Å². The van der Waals surface area contributed by atoms with E-state index in [1.165, 1.54) is 0 Å².